The van der Waals surface area contributed by atoms with Gasteiger partial charge in [-0.25, -0.2) is 0 Å². The molecule has 0 aliphatic carbocycles. The van der Waals surface area contributed by atoms with Gasteiger partial charge in [0.05, 0.1) is 6.10 Å². The lowest BCUT2D eigenvalue weighted by Crippen LogP contribution is -2.35. The van der Waals surface area contributed by atoms with Crippen LogP contribution in [0.15, 0.2) is 5.16 Å². The van der Waals surface area contributed by atoms with Gasteiger partial charge in [-0.2, -0.15) is 0 Å². The zero-order chi connectivity index (χ0) is 10.4. The van der Waals surface area contributed by atoms with Crippen molar-refractivity contribution in [3.05, 3.63) is 0 Å². The van der Waals surface area contributed by atoms with Crippen LogP contribution in [0.3, 0.4) is 0 Å². The molecule has 0 aromatic rings. The van der Waals surface area contributed by atoms with Crippen molar-refractivity contribution in [3.63, 3.8) is 0 Å². The van der Waals surface area contributed by atoms with E-state index in [4.69, 9.17) is 15.7 Å². The Bertz CT molecular complexity index is 190. The number of ether oxygens (including phenoxy) is 1. The van der Waals surface area contributed by atoms with Crippen molar-refractivity contribution in [2.45, 2.75) is 25.9 Å². The summed E-state index contributed by atoms with van der Waals surface area (Å²) in [7, 11) is 0. The highest BCUT2D eigenvalue weighted by Crippen LogP contribution is 2.10. The van der Waals surface area contributed by atoms with Gasteiger partial charge in [-0.1, -0.05) is 12.1 Å². The second-order valence-corrected chi connectivity index (χ2v) is 3.72. The fourth-order valence-electron chi connectivity index (χ4n) is 1.47. The zero-order valence-electron chi connectivity index (χ0n) is 8.57. The Hall–Kier alpha value is -0.810. The van der Waals surface area contributed by atoms with E-state index in [1.165, 1.54) is 0 Å². The van der Waals surface area contributed by atoms with Crippen molar-refractivity contribution in [1.82, 2.24) is 5.32 Å². The normalized spacial score (nSPS) is 25.2. The van der Waals surface area contributed by atoms with Gasteiger partial charge in [0.1, 0.15) is 5.84 Å². The fourth-order valence-corrected chi connectivity index (χ4v) is 1.47. The second-order valence-electron chi connectivity index (χ2n) is 3.72. The average molecular weight is 201 g/mol. The first-order chi connectivity index (χ1) is 6.74. The van der Waals surface area contributed by atoms with Crippen LogP contribution in [0.4, 0.5) is 0 Å². The largest absolute Gasteiger partial charge is 0.409 e. The summed E-state index contributed by atoms with van der Waals surface area (Å²) in [5.74, 6) is 0.325. The first-order valence-corrected chi connectivity index (χ1v) is 5.03. The van der Waals surface area contributed by atoms with Crippen LogP contribution >= 0.6 is 0 Å². The number of rotatable bonds is 5. The lowest BCUT2D eigenvalue weighted by Gasteiger charge is -2.13. The maximum absolute atomic E-state index is 8.43. The molecule has 0 amide bonds. The van der Waals surface area contributed by atoms with Crippen LogP contribution in [0, 0.1) is 5.92 Å². The first-order valence-electron chi connectivity index (χ1n) is 5.03. The van der Waals surface area contributed by atoms with E-state index < -0.39 is 0 Å². The molecule has 4 N–H and O–H groups in total. The molecule has 0 saturated carbocycles. The third kappa shape index (κ3) is 3.51. The molecule has 0 spiro atoms. The number of hydrogen-bond acceptors (Lipinski definition) is 4. The van der Waals surface area contributed by atoms with Crippen molar-refractivity contribution in [2.24, 2.45) is 16.8 Å². The van der Waals surface area contributed by atoms with Gasteiger partial charge in [0.15, 0.2) is 0 Å². The Kier molecular flexibility index (Phi) is 4.69. The summed E-state index contributed by atoms with van der Waals surface area (Å²) in [6, 6.07) is 0. The molecule has 0 aromatic heterocycles. The minimum Gasteiger partial charge on any atom is -0.409 e. The maximum Gasteiger partial charge on any atom is 0.143 e. The van der Waals surface area contributed by atoms with E-state index in [1.54, 1.807) is 0 Å². The van der Waals surface area contributed by atoms with E-state index in [0.717, 1.165) is 32.5 Å². The molecule has 2 atom stereocenters. The van der Waals surface area contributed by atoms with E-state index in [-0.39, 0.29) is 11.8 Å². The molecule has 0 radical (unpaired) electrons. The molecular formula is C9H19N3O2. The van der Waals surface area contributed by atoms with Gasteiger partial charge in [-0.15, -0.1) is 0 Å². The van der Waals surface area contributed by atoms with Crippen LogP contribution < -0.4 is 11.1 Å². The summed E-state index contributed by atoms with van der Waals surface area (Å²) in [4.78, 5) is 0. The van der Waals surface area contributed by atoms with Gasteiger partial charge >= 0.3 is 0 Å². The topological polar surface area (TPSA) is 79.9 Å². The van der Waals surface area contributed by atoms with Gasteiger partial charge in [-0.3, -0.25) is 0 Å². The Balaban J connectivity index is 2.08. The quantitative estimate of drug-likeness (QED) is 0.256. The zero-order valence-corrected chi connectivity index (χ0v) is 8.57. The molecule has 1 heterocycles. The molecule has 1 aliphatic heterocycles. The standard InChI is InChI=1S/C9H19N3O2/c1-7(9(10)12-13)5-11-6-8-3-2-4-14-8/h7-8,11,13H,2-6H2,1H3,(H2,10,12). The summed E-state index contributed by atoms with van der Waals surface area (Å²) in [6.45, 7) is 4.36. The predicted octanol–water partition coefficient (Wildman–Crippen LogP) is 0.138. The minimum atomic E-state index is 0.0569. The number of amidine groups is 1. The van der Waals surface area contributed by atoms with E-state index in [1.807, 2.05) is 6.92 Å². The maximum atomic E-state index is 8.43. The van der Waals surface area contributed by atoms with Gasteiger partial charge in [0, 0.05) is 25.6 Å². The molecule has 5 nitrogen and oxygen atoms in total. The lowest BCUT2D eigenvalue weighted by atomic mass is 10.1. The molecule has 1 aliphatic rings. The summed E-state index contributed by atoms with van der Waals surface area (Å²) in [5, 5.41) is 14.6. The molecule has 1 saturated heterocycles. The third-order valence-corrected chi connectivity index (χ3v) is 2.47. The molecule has 14 heavy (non-hydrogen) atoms. The van der Waals surface area contributed by atoms with E-state index in [2.05, 4.69) is 10.5 Å². The Morgan fingerprint density at radius 1 is 1.79 bits per heavy atom. The van der Waals surface area contributed by atoms with Crippen LogP contribution in [0.1, 0.15) is 19.8 Å². The summed E-state index contributed by atoms with van der Waals surface area (Å²) in [5.41, 5.74) is 5.44. The number of oxime groups is 1. The molecule has 1 fully saturated rings. The minimum absolute atomic E-state index is 0.0569. The Labute approximate surface area is 84.3 Å². The van der Waals surface area contributed by atoms with Crippen LogP contribution in [0.5, 0.6) is 0 Å². The molecular weight excluding hydrogens is 182 g/mol. The summed E-state index contributed by atoms with van der Waals surface area (Å²) in [6.07, 6.45) is 2.63. The second kappa shape index (κ2) is 5.82. The lowest BCUT2D eigenvalue weighted by molar-refractivity contribution is 0.110. The van der Waals surface area contributed by atoms with Crippen LogP contribution in [0.25, 0.3) is 0 Å². The van der Waals surface area contributed by atoms with Crippen LogP contribution in [-0.4, -0.2) is 36.8 Å². The third-order valence-electron chi connectivity index (χ3n) is 2.47. The monoisotopic (exact) mass is 201 g/mol. The Morgan fingerprint density at radius 3 is 3.14 bits per heavy atom. The fraction of sp³-hybridized carbons (Fsp3) is 0.889. The molecule has 5 heteroatoms. The van der Waals surface area contributed by atoms with Crippen molar-refractivity contribution in [3.8, 4) is 0 Å². The Morgan fingerprint density at radius 2 is 2.57 bits per heavy atom. The van der Waals surface area contributed by atoms with Gasteiger partial charge in [-0.05, 0) is 12.8 Å². The smallest absolute Gasteiger partial charge is 0.143 e. The van der Waals surface area contributed by atoms with E-state index in [9.17, 15) is 0 Å². The van der Waals surface area contributed by atoms with Gasteiger partial charge < -0.3 is 21.0 Å². The summed E-state index contributed by atoms with van der Waals surface area (Å²) >= 11 is 0. The van der Waals surface area contributed by atoms with E-state index >= 15 is 0 Å². The van der Waals surface area contributed by atoms with E-state index in [0.29, 0.717) is 6.10 Å². The number of nitrogens with zero attached hydrogens (tertiary/aromatic N) is 1. The SMILES string of the molecule is CC(CNCC1CCCO1)C(N)=NO. The van der Waals surface area contributed by atoms with Gasteiger partial charge in [0.25, 0.3) is 0 Å². The molecule has 1 rings (SSSR count). The number of nitrogens with one attached hydrogen (secondary N) is 1. The first kappa shape index (κ1) is 11.3. The van der Waals surface area contributed by atoms with Crippen LogP contribution in [-0.2, 0) is 4.74 Å². The molecule has 2 unspecified atom stereocenters. The average Bonchev–Trinajstić information content (AvgIpc) is 2.69. The molecule has 0 bridgehead atoms. The molecule has 82 valence electrons. The van der Waals surface area contributed by atoms with Gasteiger partial charge in [0.2, 0.25) is 0 Å². The highest BCUT2D eigenvalue weighted by molar-refractivity contribution is 5.82. The number of hydrogen-bond donors (Lipinski definition) is 3. The van der Waals surface area contributed by atoms with Crippen molar-refractivity contribution < 1.29 is 9.94 Å². The van der Waals surface area contributed by atoms with Crippen LogP contribution in [0.2, 0.25) is 0 Å². The van der Waals surface area contributed by atoms with Crippen molar-refractivity contribution in [1.29, 1.82) is 0 Å². The summed E-state index contributed by atoms with van der Waals surface area (Å²) < 4.78 is 5.45. The number of nitrogens with two attached hydrogens (primary N) is 1. The highest BCUT2D eigenvalue weighted by atomic mass is 16.5. The van der Waals surface area contributed by atoms with Crippen molar-refractivity contribution in [2.75, 3.05) is 19.7 Å². The van der Waals surface area contributed by atoms with Crippen molar-refractivity contribution >= 4 is 5.84 Å². The molecule has 0 aromatic carbocycles. The predicted molar refractivity (Wildman–Crippen MR) is 54.4 cm³/mol. The highest BCUT2D eigenvalue weighted by Gasteiger charge is 2.15.